The summed E-state index contributed by atoms with van der Waals surface area (Å²) in [5.74, 6) is 0.371. The Morgan fingerprint density at radius 2 is 1.54 bits per heavy atom. The summed E-state index contributed by atoms with van der Waals surface area (Å²) in [5, 5.41) is 48.2. The van der Waals surface area contributed by atoms with Crippen LogP contribution >= 0.6 is 0 Å². The largest absolute Gasteiger partial charge is 0.508 e. The molecule has 0 unspecified atom stereocenters. The summed E-state index contributed by atoms with van der Waals surface area (Å²) in [7, 11) is 0. The van der Waals surface area contributed by atoms with E-state index in [0.29, 0.717) is 5.56 Å². The van der Waals surface area contributed by atoms with Crippen LogP contribution in [0.4, 0.5) is 0 Å². The fourth-order valence-corrected chi connectivity index (χ4v) is 2.56. The molecule has 138 valence electrons. The fraction of sp³-hybridized carbons (Fsp3) is 0.263. The van der Waals surface area contributed by atoms with Crippen LogP contribution < -0.4 is 4.74 Å². The summed E-state index contributed by atoms with van der Waals surface area (Å²) < 4.78 is 10.7. The number of aliphatic hydroxyl groups excluding tert-OH is 3. The molecule has 26 heavy (non-hydrogen) atoms. The molecule has 0 aliphatic carbocycles. The summed E-state index contributed by atoms with van der Waals surface area (Å²) in [5.41, 5.74) is 1.50. The molecule has 1 saturated heterocycles. The third kappa shape index (κ3) is 4.33. The van der Waals surface area contributed by atoms with Crippen molar-refractivity contribution in [3.05, 3.63) is 53.6 Å². The molecule has 0 saturated carbocycles. The van der Waals surface area contributed by atoms with Gasteiger partial charge in [-0.1, -0.05) is 24.3 Å². The first-order chi connectivity index (χ1) is 12.4. The SMILES string of the molecule is Oc1ccc(C=Cc2cc(O)cc(O[C@@H]3OC[C@H](O)[C@H](O)[C@H]3O)c2)cc1. The Labute approximate surface area is 150 Å². The van der Waals surface area contributed by atoms with Gasteiger partial charge in [-0.25, -0.2) is 0 Å². The summed E-state index contributed by atoms with van der Waals surface area (Å²) >= 11 is 0. The van der Waals surface area contributed by atoms with E-state index in [0.717, 1.165) is 5.56 Å². The molecule has 0 bridgehead atoms. The predicted octanol–water partition coefficient (Wildman–Crippen LogP) is 1.09. The molecule has 0 radical (unpaired) electrons. The Morgan fingerprint density at radius 1 is 0.846 bits per heavy atom. The highest BCUT2D eigenvalue weighted by molar-refractivity contribution is 5.71. The van der Waals surface area contributed by atoms with Crippen molar-refractivity contribution in [2.75, 3.05) is 6.61 Å². The minimum Gasteiger partial charge on any atom is -0.508 e. The topological polar surface area (TPSA) is 120 Å². The molecule has 4 atom stereocenters. The van der Waals surface area contributed by atoms with E-state index in [-0.39, 0.29) is 23.9 Å². The van der Waals surface area contributed by atoms with Crippen molar-refractivity contribution in [2.45, 2.75) is 24.6 Å². The van der Waals surface area contributed by atoms with Crippen molar-refractivity contribution in [3.8, 4) is 17.2 Å². The minimum atomic E-state index is -1.42. The van der Waals surface area contributed by atoms with Crippen LogP contribution in [0.15, 0.2) is 42.5 Å². The fourth-order valence-electron chi connectivity index (χ4n) is 2.56. The van der Waals surface area contributed by atoms with Crippen molar-refractivity contribution >= 4 is 12.2 Å². The van der Waals surface area contributed by atoms with Crippen LogP contribution in [-0.4, -0.2) is 56.7 Å². The van der Waals surface area contributed by atoms with Gasteiger partial charge in [0.25, 0.3) is 0 Å². The smallest absolute Gasteiger partial charge is 0.228 e. The molecule has 1 aliphatic rings. The van der Waals surface area contributed by atoms with Gasteiger partial charge in [0.05, 0.1) is 6.61 Å². The van der Waals surface area contributed by atoms with Crippen molar-refractivity contribution in [1.82, 2.24) is 0 Å². The molecule has 3 rings (SSSR count). The zero-order valence-corrected chi connectivity index (χ0v) is 13.8. The number of rotatable bonds is 4. The van der Waals surface area contributed by atoms with Gasteiger partial charge < -0.3 is 35.0 Å². The number of phenolic OH excluding ortho intramolecular Hbond substituents is 2. The van der Waals surface area contributed by atoms with Crippen LogP contribution in [-0.2, 0) is 4.74 Å². The molecule has 2 aromatic rings. The van der Waals surface area contributed by atoms with Gasteiger partial charge in [-0.15, -0.1) is 0 Å². The number of aliphatic hydroxyl groups is 3. The first-order valence-electron chi connectivity index (χ1n) is 8.06. The first kappa shape index (κ1) is 18.2. The lowest BCUT2D eigenvalue weighted by atomic mass is 10.1. The van der Waals surface area contributed by atoms with Gasteiger partial charge in [0.1, 0.15) is 35.6 Å². The average molecular weight is 360 g/mol. The van der Waals surface area contributed by atoms with Crippen LogP contribution in [0.25, 0.3) is 12.2 Å². The molecule has 1 aliphatic heterocycles. The molecule has 1 fully saturated rings. The Kier molecular flexibility index (Phi) is 5.43. The molecule has 7 heteroatoms. The molecule has 1 heterocycles. The predicted molar refractivity (Wildman–Crippen MR) is 93.5 cm³/mol. The van der Waals surface area contributed by atoms with Crippen LogP contribution in [0.1, 0.15) is 11.1 Å². The van der Waals surface area contributed by atoms with Crippen molar-refractivity contribution in [2.24, 2.45) is 0 Å². The van der Waals surface area contributed by atoms with E-state index in [1.165, 1.54) is 12.1 Å². The summed E-state index contributed by atoms with van der Waals surface area (Å²) in [6.07, 6.45) is -1.60. The number of aromatic hydroxyl groups is 2. The Bertz CT molecular complexity index is 772. The maximum atomic E-state index is 9.93. The lowest BCUT2D eigenvalue weighted by Gasteiger charge is -2.34. The standard InChI is InChI=1S/C19H20O7/c20-13-5-3-11(4-6-13)1-2-12-7-14(21)9-15(8-12)26-19-18(24)17(23)16(22)10-25-19/h1-9,16-24H,10H2/t16-,17-,18+,19-/m0/s1. The van der Waals surface area contributed by atoms with E-state index in [1.807, 2.05) is 0 Å². The lowest BCUT2D eigenvalue weighted by Crippen LogP contribution is -2.54. The third-order valence-electron chi connectivity index (χ3n) is 3.98. The van der Waals surface area contributed by atoms with Gasteiger partial charge in [-0.05, 0) is 35.4 Å². The molecule has 5 N–H and O–H groups in total. The molecule has 0 aromatic heterocycles. The van der Waals surface area contributed by atoms with Gasteiger partial charge in [0.2, 0.25) is 6.29 Å². The van der Waals surface area contributed by atoms with Crippen LogP contribution in [0.3, 0.4) is 0 Å². The Balaban J connectivity index is 1.74. The summed E-state index contributed by atoms with van der Waals surface area (Å²) in [4.78, 5) is 0. The van der Waals surface area contributed by atoms with Crippen molar-refractivity contribution in [3.63, 3.8) is 0 Å². The van der Waals surface area contributed by atoms with E-state index in [9.17, 15) is 25.5 Å². The number of hydrogen-bond acceptors (Lipinski definition) is 7. The monoisotopic (exact) mass is 360 g/mol. The highest BCUT2D eigenvalue weighted by Gasteiger charge is 2.39. The normalized spacial score (nSPS) is 26.1. The highest BCUT2D eigenvalue weighted by atomic mass is 16.7. The molecular formula is C19H20O7. The third-order valence-corrected chi connectivity index (χ3v) is 3.98. The second-order valence-electron chi connectivity index (χ2n) is 6.05. The van der Waals surface area contributed by atoms with E-state index in [1.54, 1.807) is 42.5 Å². The van der Waals surface area contributed by atoms with Gasteiger partial charge in [-0.2, -0.15) is 0 Å². The van der Waals surface area contributed by atoms with Crippen LogP contribution in [0.5, 0.6) is 17.2 Å². The molecular weight excluding hydrogens is 340 g/mol. The minimum absolute atomic E-state index is 0.0428. The Morgan fingerprint density at radius 3 is 2.27 bits per heavy atom. The number of phenols is 2. The van der Waals surface area contributed by atoms with Crippen molar-refractivity contribution < 1.29 is 35.0 Å². The van der Waals surface area contributed by atoms with Crippen molar-refractivity contribution in [1.29, 1.82) is 0 Å². The second-order valence-corrected chi connectivity index (χ2v) is 6.05. The molecule has 2 aromatic carbocycles. The quantitative estimate of drug-likeness (QED) is 0.518. The Hall–Kier alpha value is -2.58. The number of ether oxygens (including phenoxy) is 2. The molecule has 0 spiro atoms. The van der Waals surface area contributed by atoms with Gasteiger partial charge >= 0.3 is 0 Å². The maximum Gasteiger partial charge on any atom is 0.228 e. The lowest BCUT2D eigenvalue weighted by molar-refractivity contribution is -0.242. The summed E-state index contributed by atoms with van der Waals surface area (Å²) in [6.45, 7) is -0.171. The average Bonchev–Trinajstić information content (AvgIpc) is 2.61. The van der Waals surface area contributed by atoms with Gasteiger partial charge in [-0.3, -0.25) is 0 Å². The van der Waals surface area contributed by atoms with E-state index < -0.39 is 24.6 Å². The van der Waals surface area contributed by atoms with E-state index in [4.69, 9.17) is 9.47 Å². The number of benzene rings is 2. The van der Waals surface area contributed by atoms with Crippen LogP contribution in [0.2, 0.25) is 0 Å². The van der Waals surface area contributed by atoms with Gasteiger partial charge in [0.15, 0.2) is 0 Å². The highest BCUT2D eigenvalue weighted by Crippen LogP contribution is 2.27. The van der Waals surface area contributed by atoms with E-state index in [2.05, 4.69) is 0 Å². The zero-order valence-electron chi connectivity index (χ0n) is 13.8. The first-order valence-corrected chi connectivity index (χ1v) is 8.06. The van der Waals surface area contributed by atoms with Crippen LogP contribution in [0, 0.1) is 0 Å². The van der Waals surface area contributed by atoms with E-state index >= 15 is 0 Å². The number of hydrogen-bond donors (Lipinski definition) is 5. The maximum absolute atomic E-state index is 9.93. The van der Waals surface area contributed by atoms with Gasteiger partial charge in [0, 0.05) is 6.07 Å². The molecule has 0 amide bonds. The summed E-state index contributed by atoms with van der Waals surface area (Å²) in [6, 6.07) is 11.1. The second kappa shape index (κ2) is 7.76. The zero-order chi connectivity index (χ0) is 18.7. The molecule has 7 nitrogen and oxygen atoms in total.